The lowest BCUT2D eigenvalue weighted by Gasteiger charge is -2.03. The molecule has 0 spiro atoms. The van der Waals surface area contributed by atoms with Crippen LogP contribution in [0.25, 0.3) is 22.6 Å². The van der Waals surface area contributed by atoms with Gasteiger partial charge >= 0.3 is 0 Å². The van der Waals surface area contributed by atoms with Crippen molar-refractivity contribution in [2.24, 2.45) is 0 Å². The number of pyridine rings is 1. The number of hydrogen-bond donors (Lipinski definition) is 1. The topological polar surface area (TPSA) is 72.3 Å². The van der Waals surface area contributed by atoms with Crippen LogP contribution in [-0.4, -0.2) is 29.9 Å². The van der Waals surface area contributed by atoms with Gasteiger partial charge in [0.2, 0.25) is 0 Å². The summed E-state index contributed by atoms with van der Waals surface area (Å²) in [4.78, 5) is 8.89. The van der Waals surface area contributed by atoms with Gasteiger partial charge in [-0.15, -0.1) is 5.10 Å². The van der Waals surface area contributed by atoms with Crippen molar-refractivity contribution in [3.63, 3.8) is 0 Å². The Morgan fingerprint density at radius 3 is 2.65 bits per heavy atom. The maximum atomic E-state index is 6.04. The van der Waals surface area contributed by atoms with Gasteiger partial charge in [-0.25, -0.2) is 4.98 Å². The number of rotatable bonds is 5. The molecule has 0 fully saturated rings. The summed E-state index contributed by atoms with van der Waals surface area (Å²) >= 11 is 6.04. The van der Waals surface area contributed by atoms with Crippen LogP contribution in [0, 0.1) is 6.92 Å². The van der Waals surface area contributed by atoms with E-state index in [-0.39, 0.29) is 0 Å². The quantitative estimate of drug-likeness (QED) is 0.582. The second-order valence-electron chi connectivity index (χ2n) is 6.13. The van der Waals surface area contributed by atoms with Gasteiger partial charge < -0.3 is 4.57 Å². The zero-order valence-corrected chi connectivity index (χ0v) is 15.0. The molecule has 0 saturated carbocycles. The van der Waals surface area contributed by atoms with E-state index in [1.54, 1.807) is 6.20 Å². The van der Waals surface area contributed by atoms with E-state index in [0.717, 1.165) is 29.9 Å². The lowest BCUT2D eigenvalue weighted by Crippen LogP contribution is -1.98. The third-order valence-electron chi connectivity index (χ3n) is 4.21. The van der Waals surface area contributed by atoms with Crippen LogP contribution in [0.15, 0.2) is 55.1 Å². The smallest absolute Gasteiger partial charge is 0.179 e. The van der Waals surface area contributed by atoms with Crippen LogP contribution >= 0.6 is 11.6 Å². The van der Waals surface area contributed by atoms with E-state index in [4.69, 9.17) is 11.6 Å². The summed E-state index contributed by atoms with van der Waals surface area (Å²) in [5.74, 6) is 0. The van der Waals surface area contributed by atoms with Crippen molar-refractivity contribution >= 4 is 11.6 Å². The normalized spacial score (nSPS) is 11.0. The summed E-state index contributed by atoms with van der Waals surface area (Å²) in [6, 6.07) is 12.4. The van der Waals surface area contributed by atoms with Crippen molar-refractivity contribution in [2.45, 2.75) is 19.9 Å². The highest BCUT2D eigenvalue weighted by Crippen LogP contribution is 2.26. The van der Waals surface area contributed by atoms with E-state index in [1.807, 2.05) is 24.7 Å². The fourth-order valence-corrected chi connectivity index (χ4v) is 2.94. The van der Waals surface area contributed by atoms with E-state index >= 15 is 0 Å². The third kappa shape index (κ3) is 3.50. The number of aryl methyl sites for hydroxylation is 3. The first-order valence-electron chi connectivity index (χ1n) is 8.29. The average molecular weight is 365 g/mol. The molecular formula is C19H17ClN6. The molecule has 0 saturated heterocycles. The molecule has 4 aromatic rings. The van der Waals surface area contributed by atoms with Crippen LogP contribution in [0.1, 0.15) is 11.1 Å². The van der Waals surface area contributed by atoms with Crippen LogP contribution < -0.4 is 0 Å². The summed E-state index contributed by atoms with van der Waals surface area (Å²) in [6.45, 7) is 2.96. The first-order valence-corrected chi connectivity index (χ1v) is 8.67. The molecule has 7 heteroatoms. The van der Waals surface area contributed by atoms with E-state index in [2.05, 4.69) is 61.1 Å². The van der Waals surface area contributed by atoms with Gasteiger partial charge in [-0.1, -0.05) is 41.4 Å². The number of benzene rings is 1. The molecule has 0 unspecified atom stereocenters. The van der Waals surface area contributed by atoms with E-state index in [0.29, 0.717) is 10.8 Å². The highest BCUT2D eigenvalue weighted by Gasteiger charge is 2.11. The van der Waals surface area contributed by atoms with Crippen LogP contribution in [0.4, 0.5) is 0 Å². The van der Waals surface area contributed by atoms with Gasteiger partial charge in [0.1, 0.15) is 11.4 Å². The molecule has 0 amide bonds. The highest BCUT2D eigenvalue weighted by molar-refractivity contribution is 6.31. The minimum absolute atomic E-state index is 0.339. The number of imidazole rings is 1. The number of halogens is 1. The van der Waals surface area contributed by atoms with Gasteiger partial charge in [0.25, 0.3) is 0 Å². The van der Waals surface area contributed by atoms with Gasteiger partial charge in [-0.3, -0.25) is 4.98 Å². The Labute approximate surface area is 155 Å². The van der Waals surface area contributed by atoms with Gasteiger partial charge in [-0.05, 0) is 31.0 Å². The Kier molecular flexibility index (Phi) is 4.50. The summed E-state index contributed by atoms with van der Waals surface area (Å²) in [5, 5.41) is 10.8. The molecule has 130 valence electrons. The predicted molar refractivity (Wildman–Crippen MR) is 101 cm³/mol. The van der Waals surface area contributed by atoms with Gasteiger partial charge in [-0.2, -0.15) is 10.3 Å². The number of aromatic amines is 1. The molecule has 0 aliphatic carbocycles. The monoisotopic (exact) mass is 364 g/mol. The first kappa shape index (κ1) is 16.5. The molecule has 0 bridgehead atoms. The molecule has 4 rings (SSSR count). The average Bonchev–Trinajstić information content (AvgIpc) is 3.30. The Bertz CT molecular complexity index is 1020. The number of nitrogens with one attached hydrogen (secondary N) is 1. The molecule has 1 N–H and O–H groups in total. The zero-order chi connectivity index (χ0) is 17.9. The van der Waals surface area contributed by atoms with E-state index in [1.165, 1.54) is 11.1 Å². The fraction of sp³-hybridized carbons (Fsp3) is 0.158. The van der Waals surface area contributed by atoms with Gasteiger partial charge in [0, 0.05) is 24.5 Å². The molecule has 0 aliphatic heterocycles. The van der Waals surface area contributed by atoms with Gasteiger partial charge in [0.05, 0.1) is 12.0 Å². The molecule has 0 radical (unpaired) electrons. The Balaban J connectivity index is 1.51. The number of aromatic nitrogens is 6. The van der Waals surface area contributed by atoms with Crippen molar-refractivity contribution in [3.05, 3.63) is 71.4 Å². The van der Waals surface area contributed by atoms with Crippen LogP contribution in [-0.2, 0) is 13.0 Å². The predicted octanol–water partition coefficient (Wildman–Crippen LogP) is 3.93. The molecule has 26 heavy (non-hydrogen) atoms. The third-order valence-corrected chi connectivity index (χ3v) is 4.48. The summed E-state index contributed by atoms with van der Waals surface area (Å²) in [5.41, 5.74) is 5.63. The summed E-state index contributed by atoms with van der Waals surface area (Å²) in [6.07, 6.45) is 6.52. The van der Waals surface area contributed by atoms with Crippen molar-refractivity contribution in [2.75, 3.05) is 0 Å². The van der Waals surface area contributed by atoms with Crippen molar-refractivity contribution in [1.82, 2.24) is 29.9 Å². The lowest BCUT2D eigenvalue weighted by molar-refractivity contribution is 0.696. The Morgan fingerprint density at radius 2 is 1.88 bits per heavy atom. The fourth-order valence-electron chi connectivity index (χ4n) is 2.75. The van der Waals surface area contributed by atoms with Crippen molar-refractivity contribution in [3.8, 4) is 22.6 Å². The zero-order valence-electron chi connectivity index (χ0n) is 14.2. The minimum Gasteiger partial charge on any atom is -0.336 e. The molecule has 3 aromatic heterocycles. The minimum atomic E-state index is 0.339. The number of nitrogens with zero attached hydrogens (tertiary/aromatic N) is 5. The molecule has 0 aliphatic rings. The second-order valence-corrected chi connectivity index (χ2v) is 6.48. The SMILES string of the molecule is Cc1ccc(CCn2cnc(-c3cc(-c4n[nH]nc4Cl)ccn3)c2)cc1. The maximum Gasteiger partial charge on any atom is 0.179 e. The van der Waals surface area contributed by atoms with E-state index < -0.39 is 0 Å². The van der Waals surface area contributed by atoms with Gasteiger partial charge in [0.15, 0.2) is 5.15 Å². The standard InChI is InChI=1S/C19H17ClN6/c1-13-2-4-14(5-3-13)7-9-26-11-17(22-12-26)16-10-15(6-8-21-16)18-19(20)24-25-23-18/h2-6,8,10-12H,7,9H2,1H3,(H,23,24,25). The molecule has 1 aromatic carbocycles. The molecular weight excluding hydrogens is 348 g/mol. The number of H-pyrrole nitrogens is 1. The van der Waals surface area contributed by atoms with Crippen molar-refractivity contribution < 1.29 is 0 Å². The highest BCUT2D eigenvalue weighted by atomic mass is 35.5. The largest absolute Gasteiger partial charge is 0.336 e. The van der Waals surface area contributed by atoms with Crippen LogP contribution in [0.5, 0.6) is 0 Å². The van der Waals surface area contributed by atoms with Crippen molar-refractivity contribution in [1.29, 1.82) is 0 Å². The Morgan fingerprint density at radius 1 is 1.04 bits per heavy atom. The molecule has 0 atom stereocenters. The van der Waals surface area contributed by atoms with Crippen LogP contribution in [0.3, 0.4) is 0 Å². The number of hydrogen-bond acceptors (Lipinski definition) is 4. The molecule has 3 heterocycles. The lowest BCUT2D eigenvalue weighted by atomic mass is 10.1. The molecule has 6 nitrogen and oxygen atoms in total. The second kappa shape index (κ2) is 7.09. The van der Waals surface area contributed by atoms with Crippen LogP contribution in [0.2, 0.25) is 5.15 Å². The summed E-state index contributed by atoms with van der Waals surface area (Å²) < 4.78 is 2.08. The maximum absolute atomic E-state index is 6.04. The summed E-state index contributed by atoms with van der Waals surface area (Å²) in [7, 11) is 0. The Hall–Kier alpha value is -2.99. The first-order chi connectivity index (χ1) is 12.7. The van der Waals surface area contributed by atoms with E-state index in [9.17, 15) is 0 Å².